The molecular weight excluding hydrogens is 370 g/mol. The lowest BCUT2D eigenvalue weighted by Gasteiger charge is -2.06. The molecule has 0 aliphatic carbocycles. The van der Waals surface area contributed by atoms with Crippen LogP contribution in [0.25, 0.3) is 15.5 Å². The van der Waals surface area contributed by atoms with E-state index in [4.69, 9.17) is 11.6 Å². The third-order valence-corrected chi connectivity index (χ3v) is 5.07. The molecule has 0 saturated heterocycles. The van der Waals surface area contributed by atoms with E-state index in [1.165, 1.54) is 11.3 Å². The highest BCUT2D eigenvalue weighted by molar-refractivity contribution is 7.19. The van der Waals surface area contributed by atoms with Crippen molar-refractivity contribution in [3.05, 3.63) is 70.5 Å². The fourth-order valence-corrected chi connectivity index (χ4v) is 3.59. The minimum atomic E-state index is -0.152. The SMILES string of the molecule is Cc1nnc2sc(-c3ccc(CNC(=O)c4cccc(Cl)c4)cc3)nn12. The molecule has 0 radical (unpaired) electrons. The van der Waals surface area contributed by atoms with Gasteiger partial charge in [-0.15, -0.1) is 10.2 Å². The number of fused-ring (bicyclic) bond motifs is 1. The Morgan fingerprint density at radius 3 is 2.73 bits per heavy atom. The van der Waals surface area contributed by atoms with E-state index in [0.29, 0.717) is 17.1 Å². The monoisotopic (exact) mass is 383 g/mol. The van der Waals surface area contributed by atoms with Gasteiger partial charge in [-0.25, -0.2) is 0 Å². The number of benzene rings is 2. The molecule has 130 valence electrons. The van der Waals surface area contributed by atoms with Crippen molar-refractivity contribution >= 4 is 33.8 Å². The minimum absolute atomic E-state index is 0.152. The first-order chi connectivity index (χ1) is 12.6. The third-order valence-electron chi connectivity index (χ3n) is 3.89. The number of nitrogens with zero attached hydrogens (tertiary/aromatic N) is 4. The molecule has 0 bridgehead atoms. The second-order valence-electron chi connectivity index (χ2n) is 5.74. The summed E-state index contributed by atoms with van der Waals surface area (Å²) in [5.41, 5.74) is 2.55. The Labute approximate surface area is 158 Å². The molecule has 0 saturated carbocycles. The van der Waals surface area contributed by atoms with Crippen LogP contribution in [0, 0.1) is 6.92 Å². The smallest absolute Gasteiger partial charge is 0.251 e. The van der Waals surface area contributed by atoms with Gasteiger partial charge in [-0.05, 0) is 30.7 Å². The van der Waals surface area contributed by atoms with Crippen LogP contribution in [-0.2, 0) is 6.54 Å². The van der Waals surface area contributed by atoms with Crippen molar-refractivity contribution in [1.82, 2.24) is 25.1 Å². The number of nitrogens with one attached hydrogen (secondary N) is 1. The quantitative estimate of drug-likeness (QED) is 0.582. The summed E-state index contributed by atoms with van der Waals surface area (Å²) in [6.45, 7) is 2.31. The molecule has 4 aromatic rings. The number of aromatic nitrogens is 4. The molecule has 0 unspecified atom stereocenters. The number of halogens is 1. The molecular formula is C18H14ClN5OS. The minimum Gasteiger partial charge on any atom is -0.348 e. The van der Waals surface area contributed by atoms with Crippen molar-refractivity contribution in [2.24, 2.45) is 0 Å². The van der Waals surface area contributed by atoms with Gasteiger partial charge in [0.2, 0.25) is 4.96 Å². The summed E-state index contributed by atoms with van der Waals surface area (Å²) in [4.78, 5) is 12.9. The summed E-state index contributed by atoms with van der Waals surface area (Å²) in [5.74, 6) is 0.614. The molecule has 1 N–H and O–H groups in total. The van der Waals surface area contributed by atoms with Crippen LogP contribution in [0.2, 0.25) is 5.02 Å². The summed E-state index contributed by atoms with van der Waals surface area (Å²) in [6.07, 6.45) is 0. The van der Waals surface area contributed by atoms with Gasteiger partial charge in [0.15, 0.2) is 5.82 Å². The predicted octanol–water partition coefficient (Wildman–Crippen LogP) is 3.74. The molecule has 1 amide bonds. The molecule has 2 aromatic heterocycles. The number of carbonyl (C=O) groups excluding carboxylic acids is 1. The number of amides is 1. The van der Waals surface area contributed by atoms with Gasteiger partial charge in [0, 0.05) is 22.7 Å². The highest BCUT2D eigenvalue weighted by Gasteiger charge is 2.10. The summed E-state index contributed by atoms with van der Waals surface area (Å²) >= 11 is 7.41. The molecule has 2 aromatic carbocycles. The zero-order valence-electron chi connectivity index (χ0n) is 13.8. The first-order valence-corrected chi connectivity index (χ1v) is 9.11. The van der Waals surface area contributed by atoms with Gasteiger partial charge in [0.25, 0.3) is 5.91 Å². The molecule has 0 aliphatic heterocycles. The lowest BCUT2D eigenvalue weighted by molar-refractivity contribution is 0.0951. The molecule has 4 rings (SSSR count). The van der Waals surface area contributed by atoms with E-state index in [9.17, 15) is 4.79 Å². The maximum absolute atomic E-state index is 12.2. The van der Waals surface area contributed by atoms with Gasteiger partial charge in [0.1, 0.15) is 5.01 Å². The zero-order valence-corrected chi connectivity index (χ0v) is 15.4. The van der Waals surface area contributed by atoms with Gasteiger partial charge in [-0.1, -0.05) is 53.3 Å². The summed E-state index contributed by atoms with van der Waals surface area (Å²) in [6, 6.07) is 14.8. The first kappa shape index (κ1) is 16.7. The number of hydrogen-bond donors (Lipinski definition) is 1. The van der Waals surface area contributed by atoms with Gasteiger partial charge < -0.3 is 5.32 Å². The Bertz CT molecular complexity index is 1090. The van der Waals surface area contributed by atoms with E-state index < -0.39 is 0 Å². The Morgan fingerprint density at radius 2 is 2.00 bits per heavy atom. The second kappa shape index (κ2) is 6.86. The number of rotatable bonds is 4. The molecule has 26 heavy (non-hydrogen) atoms. The van der Waals surface area contributed by atoms with Gasteiger partial charge >= 0.3 is 0 Å². The largest absolute Gasteiger partial charge is 0.348 e. The molecule has 2 heterocycles. The third kappa shape index (κ3) is 3.31. The standard InChI is InChI=1S/C18H14ClN5OS/c1-11-21-22-18-24(11)23-17(26-18)13-7-5-12(6-8-13)10-20-16(25)14-3-2-4-15(19)9-14/h2-9H,10H2,1H3,(H,20,25). The number of aryl methyl sites for hydroxylation is 1. The van der Waals surface area contributed by atoms with Crippen molar-refractivity contribution < 1.29 is 4.79 Å². The van der Waals surface area contributed by atoms with Crippen molar-refractivity contribution in [2.45, 2.75) is 13.5 Å². The molecule has 0 atom stereocenters. The second-order valence-corrected chi connectivity index (χ2v) is 7.13. The predicted molar refractivity (Wildman–Crippen MR) is 101 cm³/mol. The van der Waals surface area contributed by atoms with Crippen molar-refractivity contribution in [3.63, 3.8) is 0 Å². The van der Waals surface area contributed by atoms with Crippen LogP contribution in [-0.4, -0.2) is 25.7 Å². The Balaban J connectivity index is 1.45. The van der Waals surface area contributed by atoms with Gasteiger partial charge in [0.05, 0.1) is 0 Å². The maximum Gasteiger partial charge on any atom is 0.251 e. The summed E-state index contributed by atoms with van der Waals surface area (Å²) in [7, 11) is 0. The van der Waals surface area contributed by atoms with Gasteiger partial charge in [-0.3, -0.25) is 4.79 Å². The van der Waals surface area contributed by atoms with E-state index >= 15 is 0 Å². The lowest BCUT2D eigenvalue weighted by atomic mass is 10.1. The van der Waals surface area contributed by atoms with E-state index in [1.807, 2.05) is 31.2 Å². The fraction of sp³-hybridized carbons (Fsp3) is 0.111. The van der Waals surface area contributed by atoms with Crippen LogP contribution in [0.4, 0.5) is 0 Å². The number of hydrogen-bond acceptors (Lipinski definition) is 5. The van der Waals surface area contributed by atoms with E-state index in [1.54, 1.807) is 28.8 Å². The Kier molecular flexibility index (Phi) is 4.40. The normalized spacial score (nSPS) is 11.0. The van der Waals surface area contributed by atoms with Gasteiger partial charge in [-0.2, -0.15) is 9.61 Å². The number of carbonyl (C=O) groups is 1. The van der Waals surface area contributed by atoms with E-state index in [0.717, 1.165) is 26.9 Å². The van der Waals surface area contributed by atoms with Crippen molar-refractivity contribution in [1.29, 1.82) is 0 Å². The van der Waals surface area contributed by atoms with Crippen molar-refractivity contribution in [3.8, 4) is 10.6 Å². The average molecular weight is 384 g/mol. The highest BCUT2D eigenvalue weighted by atomic mass is 35.5. The molecule has 0 aliphatic rings. The molecule has 8 heteroatoms. The Morgan fingerprint density at radius 1 is 1.19 bits per heavy atom. The lowest BCUT2D eigenvalue weighted by Crippen LogP contribution is -2.22. The first-order valence-electron chi connectivity index (χ1n) is 7.92. The van der Waals surface area contributed by atoms with Crippen LogP contribution in [0.1, 0.15) is 21.7 Å². The topological polar surface area (TPSA) is 72.2 Å². The summed E-state index contributed by atoms with van der Waals surface area (Å²) < 4.78 is 1.74. The molecule has 6 nitrogen and oxygen atoms in total. The van der Waals surface area contributed by atoms with Crippen LogP contribution in [0.15, 0.2) is 48.5 Å². The Hall–Kier alpha value is -2.77. The van der Waals surface area contributed by atoms with Crippen LogP contribution in [0.3, 0.4) is 0 Å². The van der Waals surface area contributed by atoms with E-state index in [-0.39, 0.29) is 5.91 Å². The van der Waals surface area contributed by atoms with Crippen molar-refractivity contribution in [2.75, 3.05) is 0 Å². The highest BCUT2D eigenvalue weighted by Crippen LogP contribution is 2.25. The average Bonchev–Trinajstić information content (AvgIpc) is 3.22. The maximum atomic E-state index is 12.2. The van der Waals surface area contributed by atoms with Crippen LogP contribution in [0.5, 0.6) is 0 Å². The fourth-order valence-electron chi connectivity index (χ4n) is 2.51. The molecule has 0 fully saturated rings. The molecule has 0 spiro atoms. The van der Waals surface area contributed by atoms with E-state index in [2.05, 4.69) is 20.6 Å². The zero-order chi connectivity index (χ0) is 18.1. The summed E-state index contributed by atoms with van der Waals surface area (Å²) in [5, 5.41) is 16.9. The van der Waals surface area contributed by atoms with Crippen LogP contribution >= 0.6 is 22.9 Å². The van der Waals surface area contributed by atoms with Crippen LogP contribution < -0.4 is 5.32 Å².